The molecule has 0 aliphatic carbocycles. The highest BCUT2D eigenvalue weighted by atomic mass is 79.9. The van der Waals surface area contributed by atoms with Crippen LogP contribution in [-0.4, -0.2) is 24.6 Å². The van der Waals surface area contributed by atoms with Crippen molar-refractivity contribution in [3.63, 3.8) is 0 Å². The zero-order chi connectivity index (χ0) is 16.3. The maximum atomic E-state index is 6.11. The molecule has 0 radical (unpaired) electrons. The molecule has 6 heteroatoms. The lowest BCUT2D eigenvalue weighted by molar-refractivity contribution is -0.159. The van der Waals surface area contributed by atoms with Crippen LogP contribution in [0.5, 0.6) is 5.75 Å². The van der Waals surface area contributed by atoms with Gasteiger partial charge in [-0.05, 0) is 36.4 Å². The van der Waals surface area contributed by atoms with E-state index in [1.165, 1.54) is 0 Å². The standard InChI is InChI=1S/C17H15BrCl2O3/c18-11-17(12-1-3-13(19)4-2-12)22-10-16(23-17)9-21-15-7-5-14(20)6-8-15/h1-8,16H,9-11H2. The molecule has 0 N–H and O–H groups in total. The van der Waals surface area contributed by atoms with E-state index in [1.807, 2.05) is 36.4 Å². The summed E-state index contributed by atoms with van der Waals surface area (Å²) in [6, 6.07) is 14.7. The number of ether oxygens (including phenoxy) is 3. The van der Waals surface area contributed by atoms with Gasteiger partial charge < -0.3 is 14.2 Å². The van der Waals surface area contributed by atoms with E-state index >= 15 is 0 Å². The zero-order valence-corrected chi connectivity index (χ0v) is 15.3. The van der Waals surface area contributed by atoms with Crippen molar-refractivity contribution in [3.8, 4) is 5.75 Å². The fourth-order valence-electron chi connectivity index (χ4n) is 2.37. The van der Waals surface area contributed by atoms with E-state index in [-0.39, 0.29) is 6.10 Å². The van der Waals surface area contributed by atoms with Crippen molar-refractivity contribution in [2.75, 3.05) is 18.5 Å². The normalized spacial score (nSPS) is 23.9. The first-order valence-corrected chi connectivity index (χ1v) is 9.01. The van der Waals surface area contributed by atoms with Crippen LogP contribution >= 0.6 is 39.1 Å². The molecule has 2 aromatic carbocycles. The number of rotatable bonds is 5. The first-order chi connectivity index (χ1) is 11.1. The molecule has 0 bridgehead atoms. The van der Waals surface area contributed by atoms with Crippen molar-refractivity contribution in [1.82, 2.24) is 0 Å². The van der Waals surface area contributed by atoms with Gasteiger partial charge in [0.1, 0.15) is 18.5 Å². The van der Waals surface area contributed by atoms with Crippen LogP contribution in [0.25, 0.3) is 0 Å². The summed E-state index contributed by atoms with van der Waals surface area (Å²) in [6.45, 7) is 0.867. The molecule has 0 saturated carbocycles. The molecule has 0 amide bonds. The van der Waals surface area contributed by atoms with Crippen LogP contribution in [0.1, 0.15) is 5.56 Å². The van der Waals surface area contributed by atoms with Gasteiger partial charge in [-0.1, -0.05) is 51.3 Å². The van der Waals surface area contributed by atoms with Crippen molar-refractivity contribution in [2.45, 2.75) is 11.9 Å². The summed E-state index contributed by atoms with van der Waals surface area (Å²) in [7, 11) is 0. The Morgan fingerprint density at radius 1 is 1.04 bits per heavy atom. The minimum atomic E-state index is -0.807. The first-order valence-electron chi connectivity index (χ1n) is 7.13. The van der Waals surface area contributed by atoms with Gasteiger partial charge in [-0.25, -0.2) is 0 Å². The van der Waals surface area contributed by atoms with Crippen molar-refractivity contribution in [2.24, 2.45) is 0 Å². The van der Waals surface area contributed by atoms with E-state index in [4.69, 9.17) is 37.4 Å². The van der Waals surface area contributed by atoms with Crippen LogP contribution in [-0.2, 0) is 15.3 Å². The van der Waals surface area contributed by atoms with Crippen LogP contribution in [0.15, 0.2) is 48.5 Å². The quantitative estimate of drug-likeness (QED) is 0.638. The van der Waals surface area contributed by atoms with Crippen molar-refractivity contribution >= 4 is 39.1 Å². The first kappa shape index (κ1) is 17.1. The summed E-state index contributed by atoms with van der Waals surface area (Å²) in [5.74, 6) is -0.0562. The minimum Gasteiger partial charge on any atom is -0.491 e. The number of hydrogen-bond donors (Lipinski definition) is 0. The Morgan fingerprint density at radius 3 is 2.26 bits per heavy atom. The summed E-state index contributed by atoms with van der Waals surface area (Å²) >= 11 is 15.3. The highest BCUT2D eigenvalue weighted by molar-refractivity contribution is 9.09. The van der Waals surface area contributed by atoms with E-state index in [9.17, 15) is 0 Å². The van der Waals surface area contributed by atoms with Gasteiger partial charge in [-0.2, -0.15) is 0 Å². The Bertz CT molecular complexity index is 648. The van der Waals surface area contributed by atoms with Gasteiger partial charge in [-0.15, -0.1) is 0 Å². The van der Waals surface area contributed by atoms with Gasteiger partial charge in [0.05, 0.1) is 11.9 Å². The minimum absolute atomic E-state index is 0.154. The monoisotopic (exact) mass is 416 g/mol. The molecular formula is C17H15BrCl2O3. The van der Waals surface area contributed by atoms with Gasteiger partial charge in [0.15, 0.2) is 0 Å². The molecule has 1 aliphatic rings. The molecule has 2 unspecified atom stereocenters. The lowest BCUT2D eigenvalue weighted by Gasteiger charge is -2.26. The zero-order valence-electron chi connectivity index (χ0n) is 12.2. The number of alkyl halides is 1. The van der Waals surface area contributed by atoms with Gasteiger partial charge in [0, 0.05) is 15.6 Å². The Kier molecular flexibility index (Phi) is 5.49. The van der Waals surface area contributed by atoms with Crippen LogP contribution in [0.3, 0.4) is 0 Å². The van der Waals surface area contributed by atoms with E-state index < -0.39 is 5.79 Å². The lowest BCUT2D eigenvalue weighted by Crippen LogP contribution is -2.31. The molecule has 0 aromatic heterocycles. The van der Waals surface area contributed by atoms with Gasteiger partial charge in [-0.3, -0.25) is 0 Å². The molecule has 23 heavy (non-hydrogen) atoms. The third-order valence-corrected chi connectivity index (χ3v) is 4.81. The number of halogens is 3. The Morgan fingerprint density at radius 2 is 1.65 bits per heavy atom. The molecule has 1 saturated heterocycles. The summed E-state index contributed by atoms with van der Waals surface area (Å²) in [6.07, 6.45) is -0.154. The molecule has 1 fully saturated rings. The van der Waals surface area contributed by atoms with Crippen molar-refractivity contribution in [1.29, 1.82) is 0 Å². The second-order valence-electron chi connectivity index (χ2n) is 5.21. The van der Waals surface area contributed by atoms with Crippen molar-refractivity contribution in [3.05, 3.63) is 64.1 Å². The third-order valence-electron chi connectivity index (χ3n) is 3.57. The van der Waals surface area contributed by atoms with E-state index in [2.05, 4.69) is 15.9 Å². The molecule has 1 aliphatic heterocycles. The van der Waals surface area contributed by atoms with E-state index in [0.717, 1.165) is 11.3 Å². The number of benzene rings is 2. The molecule has 2 aromatic rings. The molecule has 1 heterocycles. The number of hydrogen-bond acceptors (Lipinski definition) is 3. The fraction of sp³-hybridized carbons (Fsp3) is 0.294. The van der Waals surface area contributed by atoms with Gasteiger partial charge in [0.2, 0.25) is 5.79 Å². The van der Waals surface area contributed by atoms with Gasteiger partial charge >= 0.3 is 0 Å². The van der Waals surface area contributed by atoms with E-state index in [0.29, 0.717) is 28.6 Å². The highest BCUT2D eigenvalue weighted by Gasteiger charge is 2.42. The van der Waals surface area contributed by atoms with Crippen molar-refractivity contribution < 1.29 is 14.2 Å². The fourth-order valence-corrected chi connectivity index (χ4v) is 3.24. The third kappa shape index (κ3) is 4.01. The van der Waals surface area contributed by atoms with Gasteiger partial charge in [0.25, 0.3) is 0 Å². The molecule has 2 atom stereocenters. The van der Waals surface area contributed by atoms with Crippen LogP contribution in [0.4, 0.5) is 0 Å². The smallest absolute Gasteiger partial charge is 0.205 e. The molecule has 3 nitrogen and oxygen atoms in total. The molecule has 0 spiro atoms. The Balaban J connectivity index is 1.64. The predicted molar refractivity (Wildman–Crippen MR) is 94.7 cm³/mol. The summed E-state index contributed by atoms with van der Waals surface area (Å²) < 4.78 is 17.8. The SMILES string of the molecule is Clc1ccc(OCC2COC(CBr)(c3ccc(Cl)cc3)O2)cc1. The maximum absolute atomic E-state index is 6.11. The topological polar surface area (TPSA) is 27.7 Å². The Hall–Kier alpha value is -0.780. The molecule has 122 valence electrons. The Labute approximate surface area is 153 Å². The predicted octanol–water partition coefficient (Wildman–Crippen LogP) is 5.04. The molecular weight excluding hydrogens is 403 g/mol. The summed E-state index contributed by atoms with van der Waals surface area (Å²) in [5.41, 5.74) is 0.924. The average molecular weight is 418 g/mol. The summed E-state index contributed by atoms with van der Waals surface area (Å²) in [5, 5.41) is 1.89. The molecule has 3 rings (SSSR count). The second-order valence-corrected chi connectivity index (χ2v) is 6.64. The maximum Gasteiger partial charge on any atom is 0.205 e. The van der Waals surface area contributed by atoms with Crippen LogP contribution in [0.2, 0.25) is 10.0 Å². The van der Waals surface area contributed by atoms with Crippen LogP contribution in [0, 0.1) is 0 Å². The largest absolute Gasteiger partial charge is 0.491 e. The lowest BCUT2D eigenvalue weighted by atomic mass is 10.1. The summed E-state index contributed by atoms with van der Waals surface area (Å²) in [4.78, 5) is 0. The van der Waals surface area contributed by atoms with E-state index in [1.54, 1.807) is 12.1 Å². The average Bonchev–Trinajstić information content (AvgIpc) is 3.00. The van der Waals surface area contributed by atoms with Crippen LogP contribution < -0.4 is 4.74 Å². The second kappa shape index (κ2) is 7.41. The highest BCUT2D eigenvalue weighted by Crippen LogP contribution is 2.36.